The second-order valence-electron chi connectivity index (χ2n) is 8.34. The van der Waals surface area contributed by atoms with Gasteiger partial charge in [-0.3, -0.25) is 4.90 Å². The van der Waals surface area contributed by atoms with E-state index >= 15 is 0 Å². The van der Waals surface area contributed by atoms with Crippen molar-refractivity contribution in [2.75, 3.05) is 13.1 Å². The highest BCUT2D eigenvalue weighted by Gasteiger charge is 2.40. The van der Waals surface area contributed by atoms with Gasteiger partial charge in [0.25, 0.3) is 0 Å². The molecule has 0 spiro atoms. The Morgan fingerprint density at radius 2 is 1.50 bits per heavy atom. The molecule has 2 aromatic rings. The first-order valence-electron chi connectivity index (χ1n) is 9.76. The Kier molecular flexibility index (Phi) is 6.35. The van der Waals surface area contributed by atoms with E-state index in [9.17, 15) is 9.18 Å². The summed E-state index contributed by atoms with van der Waals surface area (Å²) < 4.78 is 20.4. The van der Waals surface area contributed by atoms with Gasteiger partial charge in [0.2, 0.25) is 0 Å². The maximum Gasteiger partial charge on any atom is 0.410 e. The summed E-state index contributed by atoms with van der Waals surface area (Å²) in [5.41, 5.74) is 1.66. The molecule has 1 aliphatic heterocycles. The SMILES string of the molecule is CC(C)(C)OC(=O)N1CC(F)C(N(Cc2ccccc2)Cc2ccccc2)C1. The summed E-state index contributed by atoms with van der Waals surface area (Å²) in [5.74, 6) is 0. The zero-order chi connectivity index (χ0) is 20.1. The van der Waals surface area contributed by atoms with E-state index in [1.807, 2.05) is 81.4 Å². The first kappa shape index (κ1) is 20.3. The molecule has 0 saturated carbocycles. The number of nitrogens with zero attached hydrogens (tertiary/aromatic N) is 2. The number of amides is 1. The minimum atomic E-state index is -1.11. The van der Waals surface area contributed by atoms with Crippen molar-refractivity contribution in [3.05, 3.63) is 71.8 Å². The van der Waals surface area contributed by atoms with E-state index < -0.39 is 17.9 Å². The molecule has 2 aromatic carbocycles. The van der Waals surface area contributed by atoms with Gasteiger partial charge in [0, 0.05) is 19.6 Å². The van der Waals surface area contributed by atoms with Crippen LogP contribution in [0.2, 0.25) is 0 Å². The average Bonchev–Trinajstić information content (AvgIpc) is 3.03. The summed E-state index contributed by atoms with van der Waals surface area (Å²) in [6.07, 6.45) is -1.56. The normalized spacial score (nSPS) is 19.8. The fourth-order valence-electron chi connectivity index (χ4n) is 3.49. The van der Waals surface area contributed by atoms with Crippen molar-refractivity contribution in [3.8, 4) is 0 Å². The number of benzene rings is 2. The van der Waals surface area contributed by atoms with Crippen LogP contribution < -0.4 is 0 Å². The Balaban J connectivity index is 1.76. The molecule has 28 heavy (non-hydrogen) atoms. The number of rotatable bonds is 5. The minimum absolute atomic E-state index is 0.0691. The van der Waals surface area contributed by atoms with E-state index in [2.05, 4.69) is 4.90 Å². The first-order valence-corrected chi connectivity index (χ1v) is 9.76. The zero-order valence-electron chi connectivity index (χ0n) is 16.8. The number of carbonyl (C=O) groups is 1. The van der Waals surface area contributed by atoms with Crippen molar-refractivity contribution in [1.29, 1.82) is 0 Å². The van der Waals surface area contributed by atoms with Crippen LogP contribution in [0.4, 0.5) is 9.18 Å². The third kappa shape index (κ3) is 5.55. The molecule has 0 N–H and O–H groups in total. The third-order valence-corrected chi connectivity index (χ3v) is 4.80. The molecule has 1 aliphatic rings. The largest absolute Gasteiger partial charge is 0.444 e. The number of carbonyl (C=O) groups excluding carboxylic acids is 1. The van der Waals surface area contributed by atoms with Gasteiger partial charge in [-0.25, -0.2) is 9.18 Å². The summed E-state index contributed by atoms with van der Waals surface area (Å²) in [6.45, 7) is 7.12. The summed E-state index contributed by atoms with van der Waals surface area (Å²) in [7, 11) is 0. The van der Waals surface area contributed by atoms with Crippen LogP contribution in [0.3, 0.4) is 0 Å². The van der Waals surface area contributed by atoms with E-state index in [-0.39, 0.29) is 12.6 Å². The van der Waals surface area contributed by atoms with Crippen molar-refractivity contribution < 1.29 is 13.9 Å². The van der Waals surface area contributed by atoms with Gasteiger partial charge in [0.05, 0.1) is 12.6 Å². The number of likely N-dealkylation sites (tertiary alicyclic amines) is 1. The molecule has 0 radical (unpaired) electrons. The molecule has 0 bridgehead atoms. The predicted molar refractivity (Wildman–Crippen MR) is 109 cm³/mol. The molecule has 0 aromatic heterocycles. The van der Waals surface area contributed by atoms with Crippen molar-refractivity contribution >= 4 is 6.09 Å². The Morgan fingerprint density at radius 3 is 1.96 bits per heavy atom. The number of alkyl halides is 1. The monoisotopic (exact) mass is 384 g/mol. The molecule has 150 valence electrons. The lowest BCUT2D eigenvalue weighted by molar-refractivity contribution is 0.0275. The van der Waals surface area contributed by atoms with Gasteiger partial charge in [0.15, 0.2) is 0 Å². The topological polar surface area (TPSA) is 32.8 Å². The van der Waals surface area contributed by atoms with Gasteiger partial charge in [-0.15, -0.1) is 0 Å². The van der Waals surface area contributed by atoms with Gasteiger partial charge in [-0.2, -0.15) is 0 Å². The van der Waals surface area contributed by atoms with Gasteiger partial charge in [0.1, 0.15) is 11.8 Å². The highest BCUT2D eigenvalue weighted by Crippen LogP contribution is 2.25. The molecule has 1 saturated heterocycles. The number of hydrogen-bond donors (Lipinski definition) is 0. The molecule has 0 aliphatic carbocycles. The van der Waals surface area contributed by atoms with Crippen molar-refractivity contribution in [2.24, 2.45) is 0 Å². The van der Waals surface area contributed by atoms with Crippen molar-refractivity contribution in [2.45, 2.75) is 51.7 Å². The summed E-state index contributed by atoms with van der Waals surface area (Å²) in [4.78, 5) is 16.0. The molecule has 1 heterocycles. The molecule has 2 unspecified atom stereocenters. The molecule has 1 fully saturated rings. The second kappa shape index (κ2) is 8.74. The summed E-state index contributed by atoms with van der Waals surface area (Å²) >= 11 is 0. The van der Waals surface area contributed by atoms with Crippen molar-refractivity contribution in [3.63, 3.8) is 0 Å². The van der Waals surface area contributed by atoms with E-state index in [0.717, 1.165) is 11.1 Å². The molecule has 5 heteroatoms. The maximum atomic E-state index is 15.0. The molecule has 3 rings (SSSR count). The van der Waals surface area contributed by atoms with Crippen molar-refractivity contribution in [1.82, 2.24) is 9.80 Å². The van der Waals surface area contributed by atoms with Gasteiger partial charge >= 0.3 is 6.09 Å². The lowest BCUT2D eigenvalue weighted by Crippen LogP contribution is -2.42. The minimum Gasteiger partial charge on any atom is -0.444 e. The Hall–Kier alpha value is -2.40. The van der Waals surface area contributed by atoms with Crippen LogP contribution >= 0.6 is 0 Å². The van der Waals surface area contributed by atoms with Crippen LogP contribution in [-0.2, 0) is 17.8 Å². The van der Waals surface area contributed by atoms with Crippen LogP contribution in [0.5, 0.6) is 0 Å². The van der Waals surface area contributed by atoms with Crippen LogP contribution in [0.25, 0.3) is 0 Å². The predicted octanol–water partition coefficient (Wildman–Crippen LogP) is 4.65. The van der Waals surface area contributed by atoms with Crippen LogP contribution in [0.15, 0.2) is 60.7 Å². The van der Waals surface area contributed by atoms with E-state index in [0.29, 0.717) is 19.6 Å². The Labute approximate surface area is 166 Å². The highest BCUT2D eigenvalue weighted by molar-refractivity contribution is 5.68. The Bertz CT molecular complexity index is 720. The van der Waals surface area contributed by atoms with Crippen LogP contribution in [-0.4, -0.2) is 46.8 Å². The number of halogens is 1. The highest BCUT2D eigenvalue weighted by atomic mass is 19.1. The third-order valence-electron chi connectivity index (χ3n) is 4.80. The molecule has 1 amide bonds. The molecular weight excluding hydrogens is 355 g/mol. The van der Waals surface area contributed by atoms with E-state index in [1.54, 1.807) is 0 Å². The Morgan fingerprint density at radius 1 is 1.00 bits per heavy atom. The lowest BCUT2D eigenvalue weighted by atomic mass is 10.1. The van der Waals surface area contributed by atoms with Crippen LogP contribution in [0.1, 0.15) is 31.9 Å². The fourth-order valence-corrected chi connectivity index (χ4v) is 3.49. The summed E-state index contributed by atoms with van der Waals surface area (Å²) in [6, 6.07) is 19.7. The van der Waals surface area contributed by atoms with E-state index in [4.69, 9.17) is 4.74 Å². The number of hydrogen-bond acceptors (Lipinski definition) is 3. The molecular formula is C23H29FN2O2. The molecule has 4 nitrogen and oxygen atoms in total. The van der Waals surface area contributed by atoms with Gasteiger partial charge in [-0.1, -0.05) is 60.7 Å². The fraction of sp³-hybridized carbons (Fsp3) is 0.435. The summed E-state index contributed by atoms with van der Waals surface area (Å²) in [5, 5.41) is 0. The standard InChI is InChI=1S/C23H29FN2O2/c1-23(2,3)28-22(27)26-16-20(24)21(17-26)25(14-18-10-6-4-7-11-18)15-19-12-8-5-9-13-19/h4-13,20-21H,14-17H2,1-3H3. The molecule has 2 atom stereocenters. The maximum absolute atomic E-state index is 15.0. The van der Waals surface area contributed by atoms with Gasteiger partial charge < -0.3 is 9.64 Å². The quantitative estimate of drug-likeness (QED) is 0.752. The lowest BCUT2D eigenvalue weighted by Gasteiger charge is -2.30. The number of ether oxygens (including phenoxy) is 1. The smallest absolute Gasteiger partial charge is 0.410 e. The first-order chi connectivity index (χ1) is 13.3. The zero-order valence-corrected chi connectivity index (χ0v) is 16.8. The average molecular weight is 384 g/mol. The second-order valence-corrected chi connectivity index (χ2v) is 8.34. The van der Waals surface area contributed by atoms with Gasteiger partial charge in [-0.05, 0) is 31.9 Å². The van der Waals surface area contributed by atoms with E-state index in [1.165, 1.54) is 4.90 Å². The van der Waals surface area contributed by atoms with Crippen LogP contribution in [0, 0.1) is 0 Å².